The number of para-hydroxylation sites is 1. The van der Waals surface area contributed by atoms with Crippen LogP contribution in [0.2, 0.25) is 0 Å². The number of nitrogens with zero attached hydrogens (tertiary/aromatic N) is 2. The molecule has 2 aromatic rings. The molecule has 0 spiro atoms. The van der Waals surface area contributed by atoms with Crippen LogP contribution in [0.15, 0.2) is 42.6 Å². The molecule has 3 nitrogen and oxygen atoms in total. The molecule has 0 radical (unpaired) electrons. The largest absolute Gasteiger partial charge is 0.309 e. The van der Waals surface area contributed by atoms with Crippen molar-refractivity contribution in [2.75, 3.05) is 6.54 Å². The summed E-state index contributed by atoms with van der Waals surface area (Å²) < 4.78 is 1.94. The quantitative estimate of drug-likeness (QED) is 0.843. The van der Waals surface area contributed by atoms with Crippen LogP contribution in [0.25, 0.3) is 5.69 Å². The van der Waals surface area contributed by atoms with E-state index in [-0.39, 0.29) is 0 Å². The van der Waals surface area contributed by atoms with Gasteiger partial charge in [-0.3, -0.25) is 0 Å². The zero-order valence-corrected chi connectivity index (χ0v) is 11.1. The molecule has 1 aromatic heterocycles. The van der Waals surface area contributed by atoms with Gasteiger partial charge in [0.2, 0.25) is 0 Å². The predicted molar refractivity (Wildman–Crippen MR) is 74.9 cm³/mol. The first-order chi connectivity index (χ1) is 8.85. The summed E-state index contributed by atoms with van der Waals surface area (Å²) in [5.41, 5.74) is 2.23. The van der Waals surface area contributed by atoms with Crippen LogP contribution in [0.4, 0.5) is 0 Å². The molecule has 0 aliphatic carbocycles. The minimum absolute atomic E-state index is 0.356. The summed E-state index contributed by atoms with van der Waals surface area (Å²) in [6.07, 6.45) is 4.24. The first-order valence-electron chi connectivity index (χ1n) is 6.69. The van der Waals surface area contributed by atoms with Gasteiger partial charge in [0.05, 0.1) is 17.4 Å². The lowest BCUT2D eigenvalue weighted by Gasteiger charge is -2.13. The SMILES string of the molecule is CCCNC(CC)c1ccn(-c2ccccc2)n1. The molecule has 1 atom stereocenters. The highest BCUT2D eigenvalue weighted by atomic mass is 15.3. The fourth-order valence-electron chi connectivity index (χ4n) is 2.03. The Morgan fingerprint density at radius 2 is 1.94 bits per heavy atom. The van der Waals surface area contributed by atoms with Gasteiger partial charge in [-0.05, 0) is 37.6 Å². The number of hydrogen-bond acceptors (Lipinski definition) is 2. The Balaban J connectivity index is 2.14. The first-order valence-corrected chi connectivity index (χ1v) is 6.69. The average Bonchev–Trinajstić information content (AvgIpc) is 2.90. The molecule has 1 unspecified atom stereocenters. The number of benzene rings is 1. The van der Waals surface area contributed by atoms with E-state index in [0.717, 1.165) is 30.8 Å². The summed E-state index contributed by atoms with van der Waals surface area (Å²) in [5, 5.41) is 8.18. The number of aromatic nitrogens is 2. The lowest BCUT2D eigenvalue weighted by molar-refractivity contribution is 0.503. The Bertz CT molecular complexity index is 462. The van der Waals surface area contributed by atoms with E-state index in [1.54, 1.807) is 0 Å². The maximum absolute atomic E-state index is 4.66. The monoisotopic (exact) mass is 243 g/mol. The maximum atomic E-state index is 4.66. The van der Waals surface area contributed by atoms with Gasteiger partial charge in [0.1, 0.15) is 0 Å². The van der Waals surface area contributed by atoms with Crippen LogP contribution in [0.1, 0.15) is 38.4 Å². The van der Waals surface area contributed by atoms with E-state index in [0.29, 0.717) is 6.04 Å². The topological polar surface area (TPSA) is 29.9 Å². The molecule has 0 bridgehead atoms. The van der Waals surface area contributed by atoms with Crippen molar-refractivity contribution in [3.63, 3.8) is 0 Å². The fraction of sp³-hybridized carbons (Fsp3) is 0.400. The van der Waals surface area contributed by atoms with Crippen molar-refractivity contribution in [1.29, 1.82) is 0 Å². The summed E-state index contributed by atoms with van der Waals surface area (Å²) in [5.74, 6) is 0. The number of hydrogen-bond donors (Lipinski definition) is 1. The van der Waals surface area contributed by atoms with Crippen LogP contribution < -0.4 is 5.32 Å². The highest BCUT2D eigenvalue weighted by Gasteiger charge is 2.11. The van der Waals surface area contributed by atoms with Crippen LogP contribution in [-0.2, 0) is 0 Å². The van der Waals surface area contributed by atoms with E-state index in [9.17, 15) is 0 Å². The Labute approximate surface area is 109 Å². The normalized spacial score (nSPS) is 12.6. The molecule has 96 valence electrons. The van der Waals surface area contributed by atoms with Gasteiger partial charge in [0.15, 0.2) is 0 Å². The van der Waals surface area contributed by atoms with E-state index in [1.165, 1.54) is 0 Å². The van der Waals surface area contributed by atoms with Crippen molar-refractivity contribution in [3.05, 3.63) is 48.3 Å². The van der Waals surface area contributed by atoms with E-state index >= 15 is 0 Å². The van der Waals surface area contributed by atoms with Crippen LogP contribution in [0.5, 0.6) is 0 Å². The lowest BCUT2D eigenvalue weighted by Crippen LogP contribution is -2.22. The van der Waals surface area contributed by atoms with Gasteiger partial charge >= 0.3 is 0 Å². The molecule has 1 N–H and O–H groups in total. The third kappa shape index (κ3) is 2.99. The molecular weight excluding hydrogens is 222 g/mol. The standard InChI is InChI=1S/C15H21N3/c1-3-11-16-14(4-2)15-10-12-18(17-15)13-8-6-5-7-9-13/h5-10,12,14,16H,3-4,11H2,1-2H3. The second-order valence-electron chi connectivity index (χ2n) is 4.44. The Morgan fingerprint density at radius 1 is 1.17 bits per heavy atom. The molecule has 18 heavy (non-hydrogen) atoms. The third-order valence-corrected chi connectivity index (χ3v) is 3.04. The third-order valence-electron chi connectivity index (χ3n) is 3.04. The molecule has 0 aliphatic heterocycles. The molecule has 0 amide bonds. The zero-order chi connectivity index (χ0) is 12.8. The van der Waals surface area contributed by atoms with Crippen molar-refractivity contribution in [2.24, 2.45) is 0 Å². The smallest absolute Gasteiger partial charge is 0.0798 e. The van der Waals surface area contributed by atoms with E-state index < -0.39 is 0 Å². The molecule has 0 aliphatic rings. The summed E-state index contributed by atoms with van der Waals surface area (Å²) in [7, 11) is 0. The minimum atomic E-state index is 0.356. The van der Waals surface area contributed by atoms with Crippen molar-refractivity contribution in [1.82, 2.24) is 15.1 Å². The number of rotatable bonds is 6. The van der Waals surface area contributed by atoms with Crippen LogP contribution in [0, 0.1) is 0 Å². The average molecular weight is 243 g/mol. The van der Waals surface area contributed by atoms with E-state index in [1.807, 2.05) is 29.1 Å². The Hall–Kier alpha value is -1.61. The van der Waals surface area contributed by atoms with E-state index in [4.69, 9.17) is 0 Å². The lowest BCUT2D eigenvalue weighted by atomic mass is 10.1. The number of nitrogens with one attached hydrogen (secondary N) is 1. The summed E-state index contributed by atoms with van der Waals surface area (Å²) in [4.78, 5) is 0. The predicted octanol–water partition coefficient (Wildman–Crippen LogP) is 3.32. The van der Waals surface area contributed by atoms with Crippen molar-refractivity contribution in [2.45, 2.75) is 32.7 Å². The second kappa shape index (κ2) is 6.36. The van der Waals surface area contributed by atoms with Gasteiger partial charge in [-0.25, -0.2) is 4.68 Å². The molecule has 3 heteroatoms. The Kier molecular flexibility index (Phi) is 4.53. The zero-order valence-electron chi connectivity index (χ0n) is 11.1. The first kappa shape index (κ1) is 12.8. The fourth-order valence-corrected chi connectivity index (χ4v) is 2.03. The van der Waals surface area contributed by atoms with Gasteiger partial charge < -0.3 is 5.32 Å². The van der Waals surface area contributed by atoms with Crippen molar-refractivity contribution >= 4 is 0 Å². The molecule has 1 heterocycles. The second-order valence-corrected chi connectivity index (χ2v) is 4.44. The van der Waals surface area contributed by atoms with Crippen LogP contribution >= 0.6 is 0 Å². The van der Waals surface area contributed by atoms with E-state index in [2.05, 4.69) is 42.5 Å². The summed E-state index contributed by atoms with van der Waals surface area (Å²) >= 11 is 0. The van der Waals surface area contributed by atoms with Crippen LogP contribution in [-0.4, -0.2) is 16.3 Å². The molecular formula is C15H21N3. The van der Waals surface area contributed by atoms with Gasteiger partial charge in [0, 0.05) is 6.20 Å². The summed E-state index contributed by atoms with van der Waals surface area (Å²) in [6, 6.07) is 12.7. The van der Waals surface area contributed by atoms with Gasteiger partial charge in [-0.15, -0.1) is 0 Å². The highest BCUT2D eigenvalue weighted by Crippen LogP contribution is 2.16. The van der Waals surface area contributed by atoms with Gasteiger partial charge in [-0.1, -0.05) is 32.0 Å². The minimum Gasteiger partial charge on any atom is -0.309 e. The van der Waals surface area contributed by atoms with Gasteiger partial charge in [0.25, 0.3) is 0 Å². The summed E-state index contributed by atoms with van der Waals surface area (Å²) in [6.45, 7) is 5.41. The molecule has 0 saturated heterocycles. The van der Waals surface area contributed by atoms with Gasteiger partial charge in [-0.2, -0.15) is 5.10 Å². The molecule has 0 saturated carbocycles. The van der Waals surface area contributed by atoms with Crippen LogP contribution in [0.3, 0.4) is 0 Å². The maximum Gasteiger partial charge on any atom is 0.0798 e. The molecule has 1 aromatic carbocycles. The molecule has 0 fully saturated rings. The van der Waals surface area contributed by atoms with Crippen molar-refractivity contribution in [3.8, 4) is 5.69 Å². The van der Waals surface area contributed by atoms with Crippen molar-refractivity contribution < 1.29 is 0 Å². The Morgan fingerprint density at radius 3 is 2.61 bits per heavy atom. The highest BCUT2D eigenvalue weighted by molar-refractivity contribution is 5.30. The molecule has 2 rings (SSSR count).